The number of ether oxygens (including phenoxy) is 4. The van der Waals surface area contributed by atoms with Crippen molar-refractivity contribution in [3.05, 3.63) is 60.4 Å². The van der Waals surface area contributed by atoms with E-state index in [4.69, 9.17) is 30.4 Å². The fraction of sp³-hybridized carbons (Fsp3) is 0.406. The van der Waals surface area contributed by atoms with E-state index < -0.39 is 17.0 Å². The minimum Gasteiger partial charge on any atom is -0.464 e. The lowest BCUT2D eigenvalue weighted by atomic mass is 9.76. The lowest BCUT2D eigenvalue weighted by Crippen LogP contribution is -2.47. The summed E-state index contributed by atoms with van der Waals surface area (Å²) >= 11 is 0. The molecule has 0 radical (unpaired) electrons. The van der Waals surface area contributed by atoms with Crippen LogP contribution in [0.1, 0.15) is 62.8 Å². The van der Waals surface area contributed by atoms with E-state index in [1.54, 1.807) is 24.8 Å². The number of carbonyl (C=O) groups is 1. The SMILES string of the molecule is Nc1ncc2c(n1)C1(CCC(=O)CC1)Oc1ncccc1-2.Nc1ncc2c(n1)C1(CCC3(CC1)OCCO3)Oc1ncccc1-2. The second-order valence-corrected chi connectivity index (χ2v) is 12.0. The van der Waals surface area contributed by atoms with Crippen molar-refractivity contribution in [2.45, 2.75) is 68.4 Å². The lowest BCUT2D eigenvalue weighted by molar-refractivity contribution is -0.201. The summed E-state index contributed by atoms with van der Waals surface area (Å²) in [6.07, 6.45) is 12.1. The minimum absolute atomic E-state index is 0.223. The van der Waals surface area contributed by atoms with Crippen molar-refractivity contribution < 1.29 is 23.7 Å². The second kappa shape index (κ2) is 10.4. The quantitative estimate of drug-likeness (QED) is 0.293. The summed E-state index contributed by atoms with van der Waals surface area (Å²) in [5.41, 5.74) is 15.7. The van der Waals surface area contributed by atoms with Gasteiger partial charge in [-0.2, -0.15) is 0 Å². The number of ketones is 1. The summed E-state index contributed by atoms with van der Waals surface area (Å²) in [7, 11) is 0. The first kappa shape index (κ1) is 27.8. The molecular weight excluding hydrogens is 576 g/mol. The number of Topliss-reactive ketones (excluding diaryl/α,β-unsaturated/α-hetero) is 1. The van der Waals surface area contributed by atoms with Gasteiger partial charge >= 0.3 is 0 Å². The van der Waals surface area contributed by atoms with Crippen molar-refractivity contribution >= 4 is 17.7 Å². The Morgan fingerprint density at radius 2 is 1.11 bits per heavy atom. The zero-order valence-electron chi connectivity index (χ0n) is 24.6. The molecule has 230 valence electrons. The monoisotopic (exact) mass is 608 g/mol. The first-order valence-electron chi connectivity index (χ1n) is 15.2. The van der Waals surface area contributed by atoms with Gasteiger partial charge in [-0.15, -0.1) is 0 Å². The Balaban J connectivity index is 0.000000135. The average Bonchev–Trinajstić information content (AvgIpc) is 3.53. The number of aromatic nitrogens is 6. The van der Waals surface area contributed by atoms with Crippen molar-refractivity contribution in [2.75, 3.05) is 24.7 Å². The molecule has 2 saturated carbocycles. The maximum absolute atomic E-state index is 11.6. The normalized spacial score (nSPS) is 20.9. The van der Waals surface area contributed by atoms with Crippen molar-refractivity contribution in [3.8, 4) is 34.0 Å². The molecule has 4 aromatic rings. The molecule has 3 spiro atoms. The van der Waals surface area contributed by atoms with E-state index >= 15 is 0 Å². The fourth-order valence-electron chi connectivity index (χ4n) is 7.13. The van der Waals surface area contributed by atoms with Crippen LogP contribution in [0.3, 0.4) is 0 Å². The van der Waals surface area contributed by atoms with Crippen molar-refractivity contribution in [3.63, 3.8) is 0 Å². The second-order valence-electron chi connectivity index (χ2n) is 12.0. The number of pyridine rings is 2. The Hall–Kier alpha value is -4.75. The van der Waals surface area contributed by atoms with Gasteiger partial charge < -0.3 is 30.4 Å². The maximum Gasteiger partial charge on any atom is 0.222 e. The highest BCUT2D eigenvalue weighted by Gasteiger charge is 2.52. The van der Waals surface area contributed by atoms with Gasteiger partial charge in [0.05, 0.1) is 24.6 Å². The van der Waals surface area contributed by atoms with Crippen LogP contribution in [0.15, 0.2) is 49.1 Å². The summed E-state index contributed by atoms with van der Waals surface area (Å²) in [5, 5.41) is 0. The van der Waals surface area contributed by atoms with Crippen LogP contribution in [-0.4, -0.2) is 54.7 Å². The maximum atomic E-state index is 11.6. The van der Waals surface area contributed by atoms with Crippen LogP contribution in [0.25, 0.3) is 22.3 Å². The van der Waals surface area contributed by atoms with E-state index in [1.165, 1.54) is 0 Å². The third-order valence-corrected chi connectivity index (χ3v) is 9.43. The van der Waals surface area contributed by atoms with Gasteiger partial charge in [-0.3, -0.25) is 4.79 Å². The van der Waals surface area contributed by atoms with Crippen LogP contribution in [0, 0.1) is 0 Å². The Morgan fingerprint density at radius 3 is 1.62 bits per heavy atom. The summed E-state index contributed by atoms with van der Waals surface area (Å²) in [6, 6.07) is 7.64. The molecule has 4 N–H and O–H groups in total. The van der Waals surface area contributed by atoms with Gasteiger partial charge in [0.1, 0.15) is 5.78 Å². The zero-order chi connectivity index (χ0) is 30.6. The summed E-state index contributed by atoms with van der Waals surface area (Å²) in [4.78, 5) is 37.5. The van der Waals surface area contributed by atoms with E-state index in [9.17, 15) is 4.79 Å². The number of nitrogens with zero attached hydrogens (tertiary/aromatic N) is 6. The Labute approximate surface area is 258 Å². The molecule has 0 amide bonds. The van der Waals surface area contributed by atoms with Gasteiger partial charge in [-0.1, -0.05) is 0 Å². The molecule has 9 rings (SSSR count). The molecular formula is C32H32N8O5. The Morgan fingerprint density at radius 1 is 0.622 bits per heavy atom. The van der Waals surface area contributed by atoms with Gasteiger partial charge in [-0.25, -0.2) is 29.9 Å². The van der Waals surface area contributed by atoms with Crippen molar-refractivity contribution in [1.82, 2.24) is 29.9 Å². The highest BCUT2D eigenvalue weighted by Crippen LogP contribution is 2.53. The van der Waals surface area contributed by atoms with E-state index in [-0.39, 0.29) is 17.7 Å². The summed E-state index contributed by atoms with van der Waals surface area (Å²) in [5.74, 6) is 1.49. The van der Waals surface area contributed by atoms with Gasteiger partial charge in [0.15, 0.2) is 17.0 Å². The molecule has 0 bridgehead atoms. The molecule has 45 heavy (non-hydrogen) atoms. The summed E-state index contributed by atoms with van der Waals surface area (Å²) < 4.78 is 24.2. The fourth-order valence-corrected chi connectivity index (χ4v) is 7.13. The smallest absolute Gasteiger partial charge is 0.222 e. The van der Waals surface area contributed by atoms with Gasteiger partial charge in [0, 0.05) is 72.7 Å². The Bertz CT molecular complexity index is 1790. The van der Waals surface area contributed by atoms with E-state index in [0.29, 0.717) is 50.7 Å². The van der Waals surface area contributed by atoms with Crippen LogP contribution >= 0.6 is 0 Å². The highest BCUT2D eigenvalue weighted by molar-refractivity contribution is 5.81. The number of carbonyl (C=O) groups excluding carboxylic acids is 1. The predicted molar refractivity (Wildman–Crippen MR) is 161 cm³/mol. The van der Waals surface area contributed by atoms with Crippen LogP contribution < -0.4 is 20.9 Å². The molecule has 3 aliphatic heterocycles. The van der Waals surface area contributed by atoms with E-state index in [1.807, 2.05) is 24.3 Å². The third kappa shape index (κ3) is 4.65. The lowest BCUT2D eigenvalue weighted by Gasteiger charge is -2.45. The molecule has 1 saturated heterocycles. The Kier molecular flexibility index (Phi) is 6.43. The first-order valence-corrected chi connectivity index (χ1v) is 15.2. The van der Waals surface area contributed by atoms with Gasteiger partial charge in [-0.05, 0) is 49.9 Å². The molecule has 4 aromatic heterocycles. The van der Waals surface area contributed by atoms with Crippen LogP contribution in [0.2, 0.25) is 0 Å². The molecule has 0 unspecified atom stereocenters. The number of rotatable bonds is 0. The molecule has 13 heteroatoms. The van der Waals surface area contributed by atoms with Gasteiger partial charge in [0.25, 0.3) is 0 Å². The number of fused-ring (bicyclic) bond motifs is 8. The standard InChI is InChI=1S/C17H18N4O3.C15H14N4O2/c18-15-20-10-12-11-2-1-7-19-14(11)24-16(13(12)21-15)3-5-17(6-4-16)22-8-9-23-17;16-14-18-8-11-10-2-1-7-17-13(10)21-15(12(11)19-14)5-3-9(20)4-6-15/h1-2,7,10H,3-6,8-9H2,(H2,18,20,21);1-2,7-8H,3-6H2,(H2,16,18,19). The van der Waals surface area contributed by atoms with Gasteiger partial charge in [0.2, 0.25) is 23.7 Å². The molecule has 2 aliphatic carbocycles. The van der Waals surface area contributed by atoms with E-state index in [2.05, 4.69) is 29.9 Å². The number of nitrogens with two attached hydrogens (primary N) is 2. The average molecular weight is 609 g/mol. The molecule has 5 aliphatic rings. The topological polar surface area (TPSA) is 183 Å². The molecule has 13 nitrogen and oxygen atoms in total. The summed E-state index contributed by atoms with van der Waals surface area (Å²) in [6.45, 7) is 1.31. The van der Waals surface area contributed by atoms with Crippen LogP contribution in [-0.2, 0) is 25.5 Å². The number of nitrogen functional groups attached to an aromatic ring is 2. The minimum atomic E-state index is -0.609. The largest absolute Gasteiger partial charge is 0.464 e. The van der Waals surface area contributed by atoms with Crippen molar-refractivity contribution in [2.24, 2.45) is 0 Å². The highest BCUT2D eigenvalue weighted by atomic mass is 16.7. The van der Waals surface area contributed by atoms with Crippen LogP contribution in [0.4, 0.5) is 11.9 Å². The number of hydrogen-bond donors (Lipinski definition) is 2. The van der Waals surface area contributed by atoms with Crippen molar-refractivity contribution in [1.29, 1.82) is 0 Å². The van der Waals surface area contributed by atoms with E-state index in [0.717, 1.165) is 59.3 Å². The zero-order valence-corrected chi connectivity index (χ0v) is 24.6. The third-order valence-electron chi connectivity index (χ3n) is 9.43. The number of anilines is 2. The molecule has 0 aromatic carbocycles. The molecule has 7 heterocycles. The molecule has 0 atom stereocenters. The van der Waals surface area contributed by atoms with Crippen LogP contribution in [0.5, 0.6) is 11.8 Å². The predicted octanol–water partition coefficient (Wildman–Crippen LogP) is 3.88. The number of hydrogen-bond acceptors (Lipinski definition) is 13. The first-order chi connectivity index (χ1) is 21.9. The molecule has 3 fully saturated rings.